The van der Waals surface area contributed by atoms with Crippen LogP contribution in [-0.4, -0.2) is 47.4 Å². The summed E-state index contributed by atoms with van der Waals surface area (Å²) in [6.07, 6.45) is 5.62. The molecule has 2 aliphatic rings. The van der Waals surface area contributed by atoms with Gasteiger partial charge in [-0.2, -0.15) is 0 Å². The molecule has 1 aliphatic heterocycles. The molecule has 2 aromatic rings. The van der Waals surface area contributed by atoms with Crippen LogP contribution >= 0.6 is 0 Å². The molecule has 0 spiro atoms. The summed E-state index contributed by atoms with van der Waals surface area (Å²) >= 11 is 0. The van der Waals surface area contributed by atoms with Crippen LogP contribution in [-0.2, 0) is 20.9 Å². The summed E-state index contributed by atoms with van der Waals surface area (Å²) in [7, 11) is 1.58. The Hall–Kier alpha value is -3.45. The van der Waals surface area contributed by atoms with Gasteiger partial charge in [-0.05, 0) is 23.5 Å². The molecule has 6 atom stereocenters. The molecule has 4 rings (SSSR count). The van der Waals surface area contributed by atoms with Gasteiger partial charge in [0.15, 0.2) is 0 Å². The van der Waals surface area contributed by atoms with E-state index in [1.54, 1.807) is 7.05 Å². The number of likely N-dealkylation sites (tertiary alicyclic amines) is 1. The van der Waals surface area contributed by atoms with E-state index < -0.39 is 29.8 Å². The molecular weight excluding hydrogens is 454 g/mol. The number of nitrogens with zero attached hydrogens (tertiary/aromatic N) is 1. The molecule has 0 unspecified atom stereocenters. The molecule has 3 amide bonds. The third kappa shape index (κ3) is 4.93. The largest absolute Gasteiger partial charge is 0.394 e. The molecule has 0 saturated carbocycles. The van der Waals surface area contributed by atoms with Crippen LogP contribution in [0.1, 0.15) is 36.9 Å². The number of carbonyl (C=O) groups is 3. The normalized spacial score (nSPS) is 25.8. The zero-order valence-electron chi connectivity index (χ0n) is 20.8. The van der Waals surface area contributed by atoms with Crippen LogP contribution in [0.15, 0.2) is 72.8 Å². The van der Waals surface area contributed by atoms with E-state index in [1.807, 2.05) is 72.8 Å². The molecule has 1 fully saturated rings. The summed E-state index contributed by atoms with van der Waals surface area (Å²) < 4.78 is 0. The molecule has 3 N–H and O–H groups in total. The maximum atomic E-state index is 14.1. The molecule has 0 bridgehead atoms. The Morgan fingerprint density at radius 1 is 1.00 bits per heavy atom. The number of hydrogen-bond acceptors (Lipinski definition) is 4. The molecule has 1 heterocycles. The minimum absolute atomic E-state index is 0.0857. The summed E-state index contributed by atoms with van der Waals surface area (Å²) in [6.45, 7) is 2.05. The number of fused-ring (bicyclic) bond motifs is 1. The Morgan fingerprint density at radius 3 is 2.28 bits per heavy atom. The molecule has 190 valence electrons. The first-order chi connectivity index (χ1) is 17.5. The van der Waals surface area contributed by atoms with Gasteiger partial charge in [0, 0.05) is 19.5 Å². The Bertz CT molecular complexity index is 1090. The number of hydrogen-bond donors (Lipinski definition) is 3. The van der Waals surface area contributed by atoms with Crippen LogP contribution in [0.5, 0.6) is 0 Å². The second kappa shape index (κ2) is 11.5. The Morgan fingerprint density at radius 2 is 1.67 bits per heavy atom. The average Bonchev–Trinajstić information content (AvgIpc) is 3.20. The zero-order chi connectivity index (χ0) is 25.7. The lowest BCUT2D eigenvalue weighted by molar-refractivity contribution is -0.143. The highest BCUT2D eigenvalue weighted by Crippen LogP contribution is 2.47. The number of benzene rings is 2. The Kier molecular flexibility index (Phi) is 8.21. The summed E-state index contributed by atoms with van der Waals surface area (Å²) in [4.78, 5) is 42.4. The second-order valence-electron chi connectivity index (χ2n) is 9.58. The lowest BCUT2D eigenvalue weighted by atomic mass is 9.68. The van der Waals surface area contributed by atoms with Gasteiger partial charge < -0.3 is 20.6 Å². The van der Waals surface area contributed by atoms with Gasteiger partial charge in [0.25, 0.3) is 0 Å². The number of aliphatic hydroxyl groups excluding tert-OH is 1. The predicted molar refractivity (Wildman–Crippen MR) is 137 cm³/mol. The lowest BCUT2D eigenvalue weighted by Crippen LogP contribution is -2.49. The SMILES string of the molecule is CCC[C@@H]1C=C[C@H]2[C@@H](C(=O)N([C@H](CO)c3ccccc3)[C@@H]2C(=O)NCc2ccccc2)[C@@H]1C(=O)NC. The summed E-state index contributed by atoms with van der Waals surface area (Å²) in [5.41, 5.74) is 1.70. The van der Waals surface area contributed by atoms with Crippen molar-refractivity contribution in [3.05, 3.63) is 83.9 Å². The van der Waals surface area contributed by atoms with Crippen molar-refractivity contribution in [2.45, 2.75) is 38.4 Å². The van der Waals surface area contributed by atoms with Gasteiger partial charge in [0.05, 0.1) is 24.5 Å². The molecular formula is C29H35N3O4. The first kappa shape index (κ1) is 25.6. The number of amides is 3. The van der Waals surface area contributed by atoms with Gasteiger partial charge >= 0.3 is 0 Å². The minimum atomic E-state index is -0.838. The summed E-state index contributed by atoms with van der Waals surface area (Å²) in [5.74, 6) is -2.53. The minimum Gasteiger partial charge on any atom is -0.394 e. The topological polar surface area (TPSA) is 98.7 Å². The van der Waals surface area contributed by atoms with Crippen molar-refractivity contribution in [2.24, 2.45) is 23.7 Å². The fourth-order valence-electron chi connectivity index (χ4n) is 5.83. The first-order valence-electron chi connectivity index (χ1n) is 12.7. The average molecular weight is 490 g/mol. The standard InChI is InChI=1S/C29H35N3O4/c1-3-10-21-15-16-22-25(24(21)27(34)30-2)29(36)32(23(18-33)20-13-8-5-9-14-20)26(22)28(35)31-17-19-11-6-4-7-12-19/h4-9,11-16,21-26,33H,3,10,17-18H2,1-2H3,(H,30,34)(H,31,35)/t21-,22+,23-,24-,25-,26+/m1/s1. The third-order valence-corrected chi connectivity index (χ3v) is 7.49. The van der Waals surface area contributed by atoms with E-state index in [2.05, 4.69) is 17.6 Å². The van der Waals surface area contributed by atoms with Crippen molar-refractivity contribution in [3.63, 3.8) is 0 Å². The first-order valence-corrected chi connectivity index (χ1v) is 12.7. The summed E-state index contributed by atoms with van der Waals surface area (Å²) in [5, 5.41) is 16.2. The molecule has 0 aromatic heterocycles. The monoisotopic (exact) mass is 489 g/mol. The van der Waals surface area contributed by atoms with Crippen LogP contribution < -0.4 is 10.6 Å². The number of aliphatic hydroxyl groups is 1. The Labute approximate surface area is 212 Å². The van der Waals surface area contributed by atoms with E-state index in [0.29, 0.717) is 6.54 Å². The molecule has 7 heteroatoms. The highest BCUT2D eigenvalue weighted by molar-refractivity contribution is 5.97. The van der Waals surface area contributed by atoms with Crippen molar-refractivity contribution in [1.82, 2.24) is 15.5 Å². The van der Waals surface area contributed by atoms with Gasteiger partial charge in [0.1, 0.15) is 6.04 Å². The van der Waals surface area contributed by atoms with Crippen molar-refractivity contribution in [3.8, 4) is 0 Å². The van der Waals surface area contributed by atoms with Crippen LogP contribution in [0, 0.1) is 23.7 Å². The van der Waals surface area contributed by atoms with Gasteiger partial charge in [-0.3, -0.25) is 14.4 Å². The molecule has 1 saturated heterocycles. The molecule has 36 heavy (non-hydrogen) atoms. The molecule has 7 nitrogen and oxygen atoms in total. The van der Waals surface area contributed by atoms with E-state index in [-0.39, 0.29) is 30.2 Å². The Balaban J connectivity index is 1.74. The van der Waals surface area contributed by atoms with Crippen LogP contribution in [0.2, 0.25) is 0 Å². The highest BCUT2D eigenvalue weighted by Gasteiger charge is 2.58. The quantitative estimate of drug-likeness (QED) is 0.472. The number of rotatable bonds is 9. The smallest absolute Gasteiger partial charge is 0.243 e. The van der Waals surface area contributed by atoms with E-state index in [1.165, 1.54) is 4.90 Å². The third-order valence-electron chi connectivity index (χ3n) is 7.49. The van der Waals surface area contributed by atoms with Gasteiger partial charge in [0.2, 0.25) is 17.7 Å². The van der Waals surface area contributed by atoms with Crippen molar-refractivity contribution < 1.29 is 19.5 Å². The molecule has 0 radical (unpaired) electrons. The van der Waals surface area contributed by atoms with Gasteiger partial charge in [-0.15, -0.1) is 0 Å². The van der Waals surface area contributed by atoms with E-state index in [0.717, 1.165) is 24.0 Å². The van der Waals surface area contributed by atoms with Gasteiger partial charge in [-0.25, -0.2) is 0 Å². The number of allylic oxidation sites excluding steroid dienone is 1. The van der Waals surface area contributed by atoms with Crippen LogP contribution in [0.4, 0.5) is 0 Å². The zero-order valence-corrected chi connectivity index (χ0v) is 20.8. The molecule has 1 aliphatic carbocycles. The van der Waals surface area contributed by atoms with Crippen molar-refractivity contribution >= 4 is 17.7 Å². The predicted octanol–water partition coefficient (Wildman–Crippen LogP) is 2.83. The highest BCUT2D eigenvalue weighted by atomic mass is 16.3. The maximum absolute atomic E-state index is 14.1. The maximum Gasteiger partial charge on any atom is 0.243 e. The number of nitrogens with one attached hydrogen (secondary N) is 2. The fourth-order valence-corrected chi connectivity index (χ4v) is 5.83. The van der Waals surface area contributed by atoms with Crippen molar-refractivity contribution in [2.75, 3.05) is 13.7 Å². The van der Waals surface area contributed by atoms with Crippen molar-refractivity contribution in [1.29, 1.82) is 0 Å². The second-order valence-corrected chi connectivity index (χ2v) is 9.58. The molecule has 2 aromatic carbocycles. The number of carbonyl (C=O) groups excluding carboxylic acids is 3. The van der Waals surface area contributed by atoms with Gasteiger partial charge in [-0.1, -0.05) is 86.2 Å². The van der Waals surface area contributed by atoms with E-state index in [4.69, 9.17) is 0 Å². The lowest BCUT2D eigenvalue weighted by Gasteiger charge is -2.34. The fraction of sp³-hybridized carbons (Fsp3) is 0.414. The van der Waals surface area contributed by atoms with E-state index in [9.17, 15) is 19.5 Å². The summed E-state index contributed by atoms with van der Waals surface area (Å²) in [6, 6.07) is 17.3. The van der Waals surface area contributed by atoms with Crippen LogP contribution in [0.3, 0.4) is 0 Å². The van der Waals surface area contributed by atoms with E-state index >= 15 is 0 Å². The van der Waals surface area contributed by atoms with Crippen LogP contribution in [0.25, 0.3) is 0 Å².